The molecule has 0 bridgehead atoms. The fourth-order valence-electron chi connectivity index (χ4n) is 0.818. The zero-order valence-electron chi connectivity index (χ0n) is 7.07. The molecule has 0 aliphatic heterocycles. The molecule has 0 saturated carbocycles. The first-order valence-electron chi connectivity index (χ1n) is 3.08. The summed E-state index contributed by atoms with van der Waals surface area (Å²) in [6, 6.07) is 0. The van der Waals surface area contributed by atoms with Crippen LogP contribution < -0.4 is 37.2 Å². The van der Waals surface area contributed by atoms with E-state index < -0.39 is 8.80 Å². The summed E-state index contributed by atoms with van der Waals surface area (Å²) in [5, 5.41) is 1.50. The molecule has 1 aliphatic carbocycles. The van der Waals surface area contributed by atoms with Crippen molar-refractivity contribution >= 4 is 8.80 Å². The minimum absolute atomic E-state index is 0. The molecule has 0 spiro atoms. The van der Waals surface area contributed by atoms with Crippen LogP contribution in [-0.4, -0.2) is 8.80 Å². The molecule has 0 N–H and O–H groups in total. The molecule has 0 atom stereocenters. The molecule has 0 heterocycles. The van der Waals surface area contributed by atoms with E-state index in [9.17, 15) is 0 Å². The van der Waals surface area contributed by atoms with Gasteiger partial charge in [0.1, 0.15) is 0 Å². The maximum absolute atomic E-state index is 3.32. The van der Waals surface area contributed by atoms with Crippen LogP contribution in [-0.2, 0) is 26.2 Å². The monoisotopic (exact) mass is 318 g/mol. The third-order valence-corrected chi connectivity index (χ3v) is 2.98. The number of hydrogen-bond acceptors (Lipinski definition) is 0. The maximum atomic E-state index is 3.32. The van der Waals surface area contributed by atoms with E-state index in [4.69, 9.17) is 0 Å². The first-order valence-corrected chi connectivity index (χ1v) is 5.96. The van der Waals surface area contributed by atoms with Crippen LogP contribution >= 0.6 is 0 Å². The van der Waals surface area contributed by atoms with Crippen molar-refractivity contribution < 1.29 is 63.4 Å². The summed E-state index contributed by atoms with van der Waals surface area (Å²) >= 11 is 0. The van der Waals surface area contributed by atoms with Gasteiger partial charge in [0.05, 0.1) is 0 Å². The molecule has 0 aromatic rings. The number of allylic oxidation sites excluding steroid dienone is 4. The van der Waals surface area contributed by atoms with Crippen LogP contribution in [0.4, 0.5) is 0 Å². The summed E-state index contributed by atoms with van der Waals surface area (Å²) in [5.74, 6) is 0. The molecule has 0 saturated heterocycles. The normalized spacial score (nSPS) is 11.8. The van der Waals surface area contributed by atoms with Crippen molar-refractivity contribution in [3.05, 3.63) is 23.4 Å². The van der Waals surface area contributed by atoms with E-state index in [-0.39, 0.29) is 63.4 Å². The Morgan fingerprint density at radius 3 is 1.92 bits per heavy atom. The zero-order chi connectivity index (χ0) is 5.98. The second-order valence-corrected chi connectivity index (χ2v) is 5.32. The summed E-state index contributed by atoms with van der Waals surface area (Å²) in [7, 11) is -0.504. The van der Waals surface area contributed by atoms with Crippen molar-refractivity contribution in [1.82, 2.24) is 0 Å². The third-order valence-electron chi connectivity index (χ3n) is 1.34. The molecule has 1 rings (SSSR count). The minimum Gasteiger partial charge on any atom is -1.00 e. The fraction of sp³-hybridized carbons (Fsp3) is 0.429. The van der Waals surface area contributed by atoms with Gasteiger partial charge in [0.15, 0.2) is 0 Å². The summed E-state index contributed by atoms with van der Waals surface area (Å²) in [4.78, 5) is 0. The Labute approximate surface area is 114 Å². The van der Waals surface area contributed by atoms with Gasteiger partial charge >= 0.3 is 26.2 Å². The van der Waals surface area contributed by atoms with Crippen LogP contribution in [0, 0.1) is 6.08 Å². The molecule has 1 aliphatic rings. The second kappa shape index (κ2) is 12.4. The minimum atomic E-state index is -0.504. The Hall–Kier alpha value is 1.45. The molecular formula is C7H11Cl3SiZr. The quantitative estimate of drug-likeness (QED) is 0.333. The van der Waals surface area contributed by atoms with E-state index in [2.05, 4.69) is 31.3 Å². The van der Waals surface area contributed by atoms with Crippen LogP contribution in [0.5, 0.6) is 0 Å². The summed E-state index contributed by atoms with van der Waals surface area (Å²) < 4.78 is 0. The van der Waals surface area contributed by atoms with Gasteiger partial charge in [-0.2, -0.15) is 6.08 Å². The molecular weight excluding hydrogens is 310 g/mol. The number of hydrogen-bond donors (Lipinski definition) is 0. The van der Waals surface area contributed by atoms with E-state index >= 15 is 0 Å². The first-order chi connectivity index (χ1) is 3.80. The fourth-order valence-corrected chi connectivity index (χ4v) is 1.87. The van der Waals surface area contributed by atoms with Crippen molar-refractivity contribution in [1.29, 1.82) is 0 Å². The van der Waals surface area contributed by atoms with Crippen molar-refractivity contribution in [2.24, 2.45) is 0 Å². The second-order valence-electron chi connectivity index (χ2n) is 2.39. The Morgan fingerprint density at radius 1 is 1.25 bits per heavy atom. The van der Waals surface area contributed by atoms with Gasteiger partial charge in [-0.05, 0) is 0 Å². The zero-order valence-corrected chi connectivity index (χ0v) is 13.0. The Balaban J connectivity index is -0.0000000800. The van der Waals surface area contributed by atoms with Gasteiger partial charge in [0.2, 0.25) is 0 Å². The topological polar surface area (TPSA) is 0 Å². The smallest absolute Gasteiger partial charge is 1.00 e. The molecule has 0 nitrogen and oxygen atoms in total. The largest absolute Gasteiger partial charge is 4.00 e. The van der Waals surface area contributed by atoms with Crippen LogP contribution in [0.1, 0.15) is 6.42 Å². The predicted molar refractivity (Wildman–Crippen MR) is 39.4 cm³/mol. The van der Waals surface area contributed by atoms with Gasteiger partial charge in [-0.25, -0.2) is 11.3 Å². The molecule has 0 aromatic heterocycles. The summed E-state index contributed by atoms with van der Waals surface area (Å²) in [6.45, 7) is 4.66. The van der Waals surface area contributed by atoms with Crippen LogP contribution in [0.25, 0.3) is 0 Å². The van der Waals surface area contributed by atoms with E-state index in [1.54, 1.807) is 0 Å². The van der Waals surface area contributed by atoms with E-state index in [0.717, 1.165) is 6.42 Å². The van der Waals surface area contributed by atoms with Gasteiger partial charge < -0.3 is 37.2 Å². The van der Waals surface area contributed by atoms with E-state index in [1.165, 1.54) is 5.20 Å². The third kappa shape index (κ3) is 8.07. The maximum Gasteiger partial charge on any atom is 4.00 e. The van der Waals surface area contributed by atoms with Crippen LogP contribution in [0.2, 0.25) is 13.1 Å². The predicted octanol–water partition coefficient (Wildman–Crippen LogP) is -7.29. The SMILES string of the molecule is C[SiH](C)C1=[C-]CC=C1.[Cl-].[Cl-].[Cl-].[Zr+4]. The first kappa shape index (κ1) is 23.3. The summed E-state index contributed by atoms with van der Waals surface area (Å²) in [5.41, 5.74) is 0. The molecule has 0 unspecified atom stereocenters. The standard InChI is InChI=1S/C7H11Si.3ClH.Zr/c1-8(2)7-5-3-4-6-7;;;;/h3,5,8H,4H2,1-2H3;3*1H;/q-1;;;;+4/p-3. The Morgan fingerprint density at radius 2 is 1.75 bits per heavy atom. The van der Waals surface area contributed by atoms with E-state index in [1.807, 2.05) is 0 Å². The van der Waals surface area contributed by atoms with Crippen LogP contribution in [0.3, 0.4) is 0 Å². The Kier molecular flexibility index (Phi) is 24.2. The average molecular weight is 321 g/mol. The molecule has 0 amide bonds. The Bertz CT molecular complexity index is 146. The van der Waals surface area contributed by atoms with Crippen molar-refractivity contribution in [2.45, 2.75) is 19.5 Å². The van der Waals surface area contributed by atoms with Gasteiger partial charge in [0.25, 0.3) is 0 Å². The average Bonchev–Trinajstić information content (AvgIpc) is 2.12. The molecule has 0 radical (unpaired) electrons. The van der Waals surface area contributed by atoms with Gasteiger partial charge in [-0.1, -0.05) is 13.1 Å². The molecule has 0 aromatic carbocycles. The van der Waals surface area contributed by atoms with Gasteiger partial charge in [-0.15, -0.1) is 6.42 Å². The van der Waals surface area contributed by atoms with Crippen molar-refractivity contribution in [3.8, 4) is 0 Å². The number of halogens is 3. The van der Waals surface area contributed by atoms with Crippen molar-refractivity contribution in [2.75, 3.05) is 0 Å². The molecule has 0 fully saturated rings. The van der Waals surface area contributed by atoms with Crippen LogP contribution in [0.15, 0.2) is 17.3 Å². The van der Waals surface area contributed by atoms with Crippen molar-refractivity contribution in [3.63, 3.8) is 0 Å². The molecule has 68 valence electrons. The van der Waals surface area contributed by atoms with Gasteiger partial charge in [0, 0.05) is 8.80 Å². The van der Waals surface area contributed by atoms with Gasteiger partial charge in [-0.3, -0.25) is 6.08 Å². The molecule has 12 heavy (non-hydrogen) atoms. The van der Waals surface area contributed by atoms with E-state index in [0.29, 0.717) is 0 Å². The number of rotatable bonds is 1. The summed E-state index contributed by atoms with van der Waals surface area (Å²) in [6.07, 6.45) is 8.78. The molecule has 5 heteroatoms.